The Hall–Kier alpha value is -2.25. The van der Waals surface area contributed by atoms with Crippen LogP contribution in [0.3, 0.4) is 0 Å². The largest absolute Gasteiger partial charge is 0.493 e. The Morgan fingerprint density at radius 1 is 1.21 bits per heavy atom. The number of thioether (sulfide) groups is 1. The Balaban J connectivity index is 1.55. The van der Waals surface area contributed by atoms with Crippen LogP contribution in [0.4, 0.5) is 5.69 Å². The lowest BCUT2D eigenvalue weighted by Gasteiger charge is -2.10. The Morgan fingerprint density at radius 3 is 2.79 bits per heavy atom. The van der Waals surface area contributed by atoms with Crippen LogP contribution in [0, 0.1) is 12.8 Å². The van der Waals surface area contributed by atoms with Crippen LogP contribution in [0.15, 0.2) is 40.7 Å². The highest BCUT2D eigenvalue weighted by Crippen LogP contribution is 2.32. The molecule has 3 aromatic rings. The van der Waals surface area contributed by atoms with Crippen molar-refractivity contribution in [3.63, 3.8) is 0 Å². The van der Waals surface area contributed by atoms with Crippen LogP contribution in [0.5, 0.6) is 11.5 Å². The molecule has 0 aliphatic rings. The minimum Gasteiger partial charge on any atom is -0.493 e. The highest BCUT2D eigenvalue weighted by molar-refractivity contribution is 8.01. The van der Waals surface area contributed by atoms with Crippen LogP contribution >= 0.6 is 23.1 Å². The van der Waals surface area contributed by atoms with Gasteiger partial charge >= 0.3 is 0 Å². The number of ether oxygens (including phenoxy) is 2. The number of anilines is 1. The fourth-order valence-corrected chi connectivity index (χ4v) is 4.80. The van der Waals surface area contributed by atoms with E-state index in [-0.39, 0.29) is 5.91 Å². The van der Waals surface area contributed by atoms with Crippen molar-refractivity contribution >= 4 is 44.9 Å². The molecule has 2 aromatic carbocycles. The van der Waals surface area contributed by atoms with Gasteiger partial charge in [0.1, 0.15) is 0 Å². The minimum absolute atomic E-state index is 0.0437. The van der Waals surface area contributed by atoms with Crippen molar-refractivity contribution in [3.8, 4) is 11.5 Å². The molecule has 7 heteroatoms. The van der Waals surface area contributed by atoms with E-state index in [4.69, 9.17) is 9.47 Å². The van der Waals surface area contributed by atoms with Crippen LogP contribution in [0.25, 0.3) is 10.2 Å². The zero-order valence-electron chi connectivity index (χ0n) is 17.2. The van der Waals surface area contributed by atoms with E-state index >= 15 is 0 Å². The third-order valence-electron chi connectivity index (χ3n) is 4.13. The smallest absolute Gasteiger partial charge is 0.224 e. The van der Waals surface area contributed by atoms with E-state index in [0.717, 1.165) is 43.1 Å². The summed E-state index contributed by atoms with van der Waals surface area (Å²) in [5.74, 6) is 2.68. The van der Waals surface area contributed by atoms with Crippen molar-refractivity contribution < 1.29 is 14.3 Å². The van der Waals surface area contributed by atoms with Gasteiger partial charge in [-0.3, -0.25) is 4.79 Å². The van der Waals surface area contributed by atoms with Gasteiger partial charge in [-0.05, 0) is 48.7 Å². The highest BCUT2D eigenvalue weighted by atomic mass is 32.2. The number of carbonyl (C=O) groups is 1. The summed E-state index contributed by atoms with van der Waals surface area (Å²) in [5, 5.41) is 2.96. The fraction of sp³-hybridized carbons (Fsp3) is 0.364. The maximum absolute atomic E-state index is 12.0. The number of amides is 1. The number of aryl methyl sites for hydroxylation is 1. The van der Waals surface area contributed by atoms with E-state index in [1.54, 1.807) is 30.2 Å². The molecule has 0 radical (unpaired) electrons. The predicted molar refractivity (Wildman–Crippen MR) is 122 cm³/mol. The second kappa shape index (κ2) is 9.98. The molecule has 3 rings (SSSR count). The number of benzene rings is 2. The molecule has 0 bridgehead atoms. The molecule has 154 valence electrons. The van der Waals surface area contributed by atoms with Gasteiger partial charge in [0, 0.05) is 17.9 Å². The van der Waals surface area contributed by atoms with Crippen molar-refractivity contribution in [1.82, 2.24) is 4.98 Å². The Bertz CT molecular complexity index is 985. The average Bonchev–Trinajstić information content (AvgIpc) is 3.07. The normalized spacial score (nSPS) is 11.1. The molecule has 1 amide bonds. The van der Waals surface area contributed by atoms with Crippen LogP contribution < -0.4 is 14.8 Å². The van der Waals surface area contributed by atoms with E-state index < -0.39 is 0 Å². The van der Waals surface area contributed by atoms with Crippen molar-refractivity contribution in [2.45, 2.75) is 31.5 Å². The van der Waals surface area contributed by atoms with Gasteiger partial charge in [0.25, 0.3) is 0 Å². The number of methoxy groups -OCH3 is 1. The van der Waals surface area contributed by atoms with Crippen molar-refractivity contribution in [2.75, 3.05) is 24.8 Å². The quantitative estimate of drug-likeness (QED) is 0.345. The molecular weight excluding hydrogens is 404 g/mol. The lowest BCUT2D eigenvalue weighted by molar-refractivity contribution is -0.116. The number of carbonyl (C=O) groups excluding carboxylic acids is 1. The maximum Gasteiger partial charge on any atom is 0.224 e. The molecule has 29 heavy (non-hydrogen) atoms. The molecule has 0 fully saturated rings. The standard InChI is InChI=1S/C22H26N2O3S2/c1-14(2)11-21(25)23-16-6-7-17-20(13-16)29-22(24-17)28-10-9-27-18-8-5-15(3)12-19(18)26-4/h5-8,12-14H,9-11H2,1-4H3,(H,23,25). The van der Waals surface area contributed by atoms with Gasteiger partial charge in [-0.15, -0.1) is 11.3 Å². The third kappa shape index (κ3) is 6.11. The van der Waals surface area contributed by atoms with E-state index in [2.05, 4.69) is 10.3 Å². The second-order valence-electron chi connectivity index (χ2n) is 7.16. The predicted octanol–water partition coefficient (Wildman–Crippen LogP) is 5.77. The lowest BCUT2D eigenvalue weighted by Crippen LogP contribution is -2.13. The zero-order valence-corrected chi connectivity index (χ0v) is 18.8. The first-order chi connectivity index (χ1) is 13.9. The fourth-order valence-electron chi connectivity index (χ4n) is 2.80. The van der Waals surface area contributed by atoms with E-state index in [1.807, 2.05) is 57.2 Å². The van der Waals surface area contributed by atoms with Gasteiger partial charge in [0.15, 0.2) is 15.8 Å². The van der Waals surface area contributed by atoms with E-state index in [0.29, 0.717) is 18.9 Å². The zero-order chi connectivity index (χ0) is 20.8. The van der Waals surface area contributed by atoms with Gasteiger partial charge < -0.3 is 14.8 Å². The van der Waals surface area contributed by atoms with Crippen LogP contribution in [-0.2, 0) is 4.79 Å². The van der Waals surface area contributed by atoms with Gasteiger partial charge in [0.2, 0.25) is 5.91 Å². The van der Waals surface area contributed by atoms with Crippen molar-refractivity contribution in [1.29, 1.82) is 0 Å². The van der Waals surface area contributed by atoms with Gasteiger partial charge in [-0.25, -0.2) is 4.98 Å². The molecule has 0 saturated heterocycles. The number of aromatic nitrogens is 1. The van der Waals surface area contributed by atoms with Gasteiger partial charge in [-0.2, -0.15) is 0 Å². The molecule has 0 saturated carbocycles. The molecule has 0 unspecified atom stereocenters. The molecule has 0 aliphatic heterocycles. The Morgan fingerprint density at radius 2 is 2.03 bits per heavy atom. The summed E-state index contributed by atoms with van der Waals surface area (Å²) >= 11 is 3.29. The summed E-state index contributed by atoms with van der Waals surface area (Å²) < 4.78 is 13.3. The third-order valence-corrected chi connectivity index (χ3v) is 6.26. The van der Waals surface area contributed by atoms with Gasteiger partial charge in [-0.1, -0.05) is 31.7 Å². The summed E-state index contributed by atoms with van der Waals surface area (Å²) in [6, 6.07) is 11.8. The summed E-state index contributed by atoms with van der Waals surface area (Å²) in [5.41, 5.74) is 2.90. The monoisotopic (exact) mass is 430 g/mol. The SMILES string of the molecule is COc1cc(C)ccc1OCCSc1nc2ccc(NC(=O)CC(C)C)cc2s1. The van der Waals surface area contributed by atoms with Crippen molar-refractivity contribution in [3.05, 3.63) is 42.0 Å². The number of hydrogen-bond acceptors (Lipinski definition) is 6. The number of fused-ring (bicyclic) bond motifs is 1. The summed E-state index contributed by atoms with van der Waals surface area (Å²) in [4.78, 5) is 16.6. The first-order valence-corrected chi connectivity index (χ1v) is 11.4. The second-order valence-corrected chi connectivity index (χ2v) is 9.53. The number of nitrogens with one attached hydrogen (secondary N) is 1. The number of nitrogens with zero attached hydrogens (tertiary/aromatic N) is 1. The molecule has 0 aliphatic carbocycles. The molecule has 5 nitrogen and oxygen atoms in total. The van der Waals surface area contributed by atoms with Crippen molar-refractivity contribution in [2.24, 2.45) is 5.92 Å². The van der Waals surface area contributed by atoms with E-state index in [1.165, 1.54) is 0 Å². The molecule has 0 atom stereocenters. The number of thiazole rings is 1. The molecular formula is C22H26N2O3S2. The summed E-state index contributed by atoms with van der Waals surface area (Å²) in [6.45, 7) is 6.66. The Kier molecular flexibility index (Phi) is 7.39. The molecule has 0 spiro atoms. The van der Waals surface area contributed by atoms with Crippen LogP contribution in [0.2, 0.25) is 0 Å². The van der Waals surface area contributed by atoms with Gasteiger partial charge in [0.05, 0.1) is 23.9 Å². The number of hydrogen-bond donors (Lipinski definition) is 1. The maximum atomic E-state index is 12.0. The summed E-state index contributed by atoms with van der Waals surface area (Å²) in [7, 11) is 1.65. The lowest BCUT2D eigenvalue weighted by atomic mass is 10.1. The molecule has 1 aromatic heterocycles. The highest BCUT2D eigenvalue weighted by Gasteiger charge is 2.09. The minimum atomic E-state index is 0.0437. The topological polar surface area (TPSA) is 60.5 Å². The Labute approximate surface area is 179 Å². The van der Waals surface area contributed by atoms with E-state index in [9.17, 15) is 4.79 Å². The van der Waals surface area contributed by atoms with Crippen LogP contribution in [0.1, 0.15) is 25.8 Å². The first kappa shape index (κ1) is 21.5. The van der Waals surface area contributed by atoms with Crippen LogP contribution in [-0.4, -0.2) is 30.4 Å². The molecule has 1 N–H and O–H groups in total. The first-order valence-electron chi connectivity index (χ1n) is 9.55. The molecule has 1 heterocycles. The average molecular weight is 431 g/mol. The summed E-state index contributed by atoms with van der Waals surface area (Å²) in [6.07, 6.45) is 0.521. The number of rotatable bonds is 9.